The largest absolute Gasteiger partial charge is 0.481 e. The van der Waals surface area contributed by atoms with Gasteiger partial charge in [-0.05, 0) is 48.2 Å². The summed E-state index contributed by atoms with van der Waals surface area (Å²) in [5.74, 6) is -0.405. The Labute approximate surface area is 141 Å². The van der Waals surface area contributed by atoms with Gasteiger partial charge in [0.1, 0.15) is 11.6 Å². The van der Waals surface area contributed by atoms with Crippen molar-refractivity contribution in [3.8, 4) is 5.75 Å². The van der Waals surface area contributed by atoms with Crippen LogP contribution in [0.2, 0.25) is 0 Å². The smallest absolute Gasteiger partial charge is 0.265 e. The number of nitrogen functional groups attached to an aromatic ring is 1. The first-order chi connectivity index (χ1) is 11.2. The Kier molecular flexibility index (Phi) is 5.12. The SMILES string of the molecule is CC(Oc1ccc(C(C)(C)C)cc1)C(=O)Nc1cc(N)ccc1F. The van der Waals surface area contributed by atoms with Crippen LogP contribution >= 0.6 is 0 Å². The highest BCUT2D eigenvalue weighted by Crippen LogP contribution is 2.25. The molecule has 0 saturated heterocycles. The topological polar surface area (TPSA) is 64.3 Å². The Bertz CT molecular complexity index is 721. The zero-order chi connectivity index (χ0) is 17.9. The van der Waals surface area contributed by atoms with Crippen molar-refractivity contribution in [1.82, 2.24) is 0 Å². The fourth-order valence-corrected chi connectivity index (χ4v) is 2.16. The minimum absolute atomic E-state index is 0.0403. The molecule has 0 radical (unpaired) electrons. The van der Waals surface area contributed by atoms with Gasteiger partial charge < -0.3 is 15.8 Å². The van der Waals surface area contributed by atoms with Gasteiger partial charge in [0.25, 0.3) is 5.91 Å². The average Bonchev–Trinajstić information content (AvgIpc) is 2.50. The summed E-state index contributed by atoms with van der Waals surface area (Å²) in [6.45, 7) is 7.98. The van der Waals surface area contributed by atoms with Crippen LogP contribution in [-0.4, -0.2) is 12.0 Å². The summed E-state index contributed by atoms with van der Waals surface area (Å²) in [6, 6.07) is 11.6. The standard InChI is InChI=1S/C19H23FN2O2/c1-12(18(23)22-17-11-14(21)7-10-16(17)20)24-15-8-5-13(6-9-15)19(2,3)4/h5-12H,21H2,1-4H3,(H,22,23). The number of amides is 1. The molecule has 0 aliphatic heterocycles. The first-order valence-corrected chi connectivity index (χ1v) is 7.80. The van der Waals surface area contributed by atoms with Crippen molar-refractivity contribution in [1.29, 1.82) is 0 Å². The van der Waals surface area contributed by atoms with Crippen LogP contribution in [0.3, 0.4) is 0 Å². The second-order valence-electron chi connectivity index (χ2n) is 6.76. The molecule has 2 aromatic carbocycles. The van der Waals surface area contributed by atoms with Gasteiger partial charge in [0.05, 0.1) is 5.69 Å². The normalized spacial score (nSPS) is 12.5. The summed E-state index contributed by atoms with van der Waals surface area (Å²) in [4.78, 5) is 12.2. The van der Waals surface area contributed by atoms with Crippen LogP contribution < -0.4 is 15.8 Å². The molecule has 2 aromatic rings. The molecule has 1 amide bonds. The number of rotatable bonds is 4. The van der Waals surface area contributed by atoms with E-state index in [1.165, 1.54) is 23.8 Å². The van der Waals surface area contributed by atoms with Gasteiger partial charge in [-0.3, -0.25) is 4.79 Å². The van der Waals surface area contributed by atoms with Crippen molar-refractivity contribution in [3.05, 3.63) is 53.8 Å². The molecule has 0 aromatic heterocycles. The third-order valence-corrected chi connectivity index (χ3v) is 3.65. The quantitative estimate of drug-likeness (QED) is 0.829. The Morgan fingerprint density at radius 1 is 1.17 bits per heavy atom. The molecule has 0 aliphatic carbocycles. The zero-order valence-electron chi connectivity index (χ0n) is 14.4. The minimum Gasteiger partial charge on any atom is -0.481 e. The number of hydrogen-bond acceptors (Lipinski definition) is 3. The third-order valence-electron chi connectivity index (χ3n) is 3.65. The van der Waals surface area contributed by atoms with Crippen LogP contribution in [0, 0.1) is 5.82 Å². The highest BCUT2D eigenvalue weighted by molar-refractivity contribution is 5.94. The predicted octanol–water partition coefficient (Wildman–Crippen LogP) is 4.11. The predicted molar refractivity (Wildman–Crippen MR) is 94.7 cm³/mol. The van der Waals surface area contributed by atoms with Crippen LogP contribution in [0.15, 0.2) is 42.5 Å². The number of benzene rings is 2. The lowest BCUT2D eigenvalue weighted by atomic mass is 9.87. The fraction of sp³-hybridized carbons (Fsp3) is 0.316. The molecule has 128 valence electrons. The molecule has 24 heavy (non-hydrogen) atoms. The first kappa shape index (κ1) is 17.8. The van der Waals surface area contributed by atoms with E-state index in [0.29, 0.717) is 11.4 Å². The van der Waals surface area contributed by atoms with Crippen molar-refractivity contribution in [2.75, 3.05) is 11.1 Å². The number of nitrogens with two attached hydrogens (primary N) is 1. The molecule has 0 bridgehead atoms. The van der Waals surface area contributed by atoms with E-state index in [-0.39, 0.29) is 11.1 Å². The van der Waals surface area contributed by atoms with Gasteiger partial charge in [0.15, 0.2) is 6.10 Å². The summed E-state index contributed by atoms with van der Waals surface area (Å²) < 4.78 is 19.3. The van der Waals surface area contributed by atoms with Gasteiger partial charge in [0.2, 0.25) is 0 Å². The number of halogens is 1. The Hall–Kier alpha value is -2.56. The van der Waals surface area contributed by atoms with E-state index in [2.05, 4.69) is 26.1 Å². The summed E-state index contributed by atoms with van der Waals surface area (Å²) in [6.07, 6.45) is -0.772. The number of carbonyl (C=O) groups excluding carboxylic acids is 1. The van der Waals surface area contributed by atoms with Crippen LogP contribution in [0.1, 0.15) is 33.3 Å². The van der Waals surface area contributed by atoms with Crippen LogP contribution in [0.25, 0.3) is 0 Å². The van der Waals surface area contributed by atoms with Crippen LogP contribution in [-0.2, 0) is 10.2 Å². The summed E-state index contributed by atoms with van der Waals surface area (Å²) in [7, 11) is 0. The van der Waals surface area contributed by atoms with E-state index in [1.54, 1.807) is 6.92 Å². The molecule has 4 nitrogen and oxygen atoms in total. The van der Waals surface area contributed by atoms with Gasteiger partial charge in [-0.1, -0.05) is 32.9 Å². The fourth-order valence-electron chi connectivity index (χ4n) is 2.16. The van der Waals surface area contributed by atoms with E-state index in [0.717, 1.165) is 0 Å². The molecule has 0 heterocycles. The van der Waals surface area contributed by atoms with Crippen molar-refractivity contribution >= 4 is 17.3 Å². The number of hydrogen-bond donors (Lipinski definition) is 2. The third kappa shape index (κ3) is 4.47. The van der Waals surface area contributed by atoms with Gasteiger partial charge >= 0.3 is 0 Å². The highest BCUT2D eigenvalue weighted by atomic mass is 19.1. The van der Waals surface area contributed by atoms with Crippen molar-refractivity contribution in [2.24, 2.45) is 0 Å². The first-order valence-electron chi connectivity index (χ1n) is 7.80. The lowest BCUT2D eigenvalue weighted by Gasteiger charge is -2.20. The molecule has 0 aliphatic rings. The van der Waals surface area contributed by atoms with E-state index >= 15 is 0 Å². The number of ether oxygens (including phenoxy) is 1. The summed E-state index contributed by atoms with van der Waals surface area (Å²) >= 11 is 0. The highest BCUT2D eigenvalue weighted by Gasteiger charge is 2.18. The van der Waals surface area contributed by atoms with Crippen molar-refractivity contribution in [2.45, 2.75) is 39.2 Å². The second kappa shape index (κ2) is 6.91. The van der Waals surface area contributed by atoms with Gasteiger partial charge in [0, 0.05) is 5.69 Å². The molecule has 1 unspecified atom stereocenters. The molecule has 0 saturated carbocycles. The van der Waals surface area contributed by atoms with E-state index in [4.69, 9.17) is 10.5 Å². The van der Waals surface area contributed by atoms with Crippen molar-refractivity contribution < 1.29 is 13.9 Å². The van der Waals surface area contributed by atoms with E-state index < -0.39 is 17.8 Å². The Morgan fingerprint density at radius 2 is 1.79 bits per heavy atom. The number of carbonyl (C=O) groups is 1. The van der Waals surface area contributed by atoms with Crippen LogP contribution in [0.4, 0.5) is 15.8 Å². The lowest BCUT2D eigenvalue weighted by molar-refractivity contribution is -0.122. The molecular weight excluding hydrogens is 307 g/mol. The Morgan fingerprint density at radius 3 is 2.38 bits per heavy atom. The molecule has 1 atom stereocenters. The van der Waals surface area contributed by atoms with Gasteiger partial charge in [-0.2, -0.15) is 0 Å². The number of anilines is 2. The maximum Gasteiger partial charge on any atom is 0.265 e. The molecule has 5 heteroatoms. The maximum absolute atomic E-state index is 13.7. The van der Waals surface area contributed by atoms with Crippen molar-refractivity contribution in [3.63, 3.8) is 0 Å². The minimum atomic E-state index is -0.772. The lowest BCUT2D eigenvalue weighted by Crippen LogP contribution is -2.30. The molecule has 0 spiro atoms. The second-order valence-corrected chi connectivity index (χ2v) is 6.76. The molecule has 3 N–H and O–H groups in total. The van der Waals surface area contributed by atoms with Gasteiger partial charge in [-0.25, -0.2) is 4.39 Å². The monoisotopic (exact) mass is 330 g/mol. The summed E-state index contributed by atoms with van der Waals surface area (Å²) in [5, 5.41) is 2.49. The molecular formula is C19H23FN2O2. The van der Waals surface area contributed by atoms with Crippen LogP contribution in [0.5, 0.6) is 5.75 Å². The Balaban J connectivity index is 2.02. The van der Waals surface area contributed by atoms with Gasteiger partial charge in [-0.15, -0.1) is 0 Å². The zero-order valence-corrected chi connectivity index (χ0v) is 14.4. The summed E-state index contributed by atoms with van der Waals surface area (Å²) in [5.41, 5.74) is 7.24. The number of nitrogens with one attached hydrogen (secondary N) is 1. The molecule has 0 fully saturated rings. The average molecular weight is 330 g/mol. The van der Waals surface area contributed by atoms with E-state index in [1.807, 2.05) is 24.3 Å². The van der Waals surface area contributed by atoms with E-state index in [9.17, 15) is 9.18 Å². The maximum atomic E-state index is 13.7. The molecule has 2 rings (SSSR count).